The number of alkyl carbamates (subject to hydrolysis) is 1. The van der Waals surface area contributed by atoms with E-state index in [-0.39, 0.29) is 6.54 Å². The van der Waals surface area contributed by atoms with Crippen LogP contribution in [0.25, 0.3) is 0 Å². The Hall–Kier alpha value is -2.57. The van der Waals surface area contributed by atoms with Crippen LogP contribution in [-0.4, -0.2) is 37.2 Å². The summed E-state index contributed by atoms with van der Waals surface area (Å²) < 4.78 is 9.63. The van der Waals surface area contributed by atoms with Gasteiger partial charge in [0.15, 0.2) is 0 Å². The Labute approximate surface area is 135 Å². The molecular formula is C16H22N2O5. The summed E-state index contributed by atoms with van der Waals surface area (Å²) in [6.07, 6.45) is -0.723. The summed E-state index contributed by atoms with van der Waals surface area (Å²) in [7, 11) is 1.22. The highest BCUT2D eigenvalue weighted by Crippen LogP contribution is 2.14. The molecule has 0 aliphatic rings. The molecule has 2 N–H and O–H groups in total. The maximum Gasteiger partial charge on any atom is 0.408 e. The molecule has 0 unspecified atom stereocenters. The average Bonchev–Trinajstić information content (AvgIpc) is 2.49. The summed E-state index contributed by atoms with van der Waals surface area (Å²) >= 11 is 0. The molecule has 1 atom stereocenters. The number of ether oxygens (including phenoxy) is 2. The number of nitrogens with one attached hydrogen (secondary N) is 2. The minimum absolute atomic E-state index is 0.283. The van der Waals surface area contributed by atoms with E-state index in [9.17, 15) is 14.4 Å². The molecule has 1 aromatic carbocycles. The zero-order valence-corrected chi connectivity index (χ0v) is 13.7. The number of amides is 2. The number of carbonyl (C=O) groups is 3. The van der Waals surface area contributed by atoms with E-state index in [1.54, 1.807) is 51.1 Å². The van der Waals surface area contributed by atoms with Gasteiger partial charge in [0.05, 0.1) is 7.11 Å². The van der Waals surface area contributed by atoms with Crippen LogP contribution in [-0.2, 0) is 19.1 Å². The molecule has 7 heteroatoms. The molecule has 0 radical (unpaired) electrons. The smallest absolute Gasteiger partial charge is 0.408 e. The van der Waals surface area contributed by atoms with Crippen molar-refractivity contribution in [2.75, 3.05) is 13.7 Å². The van der Waals surface area contributed by atoms with Gasteiger partial charge in [0.2, 0.25) is 5.91 Å². The molecule has 0 saturated heterocycles. The molecule has 0 heterocycles. The number of methoxy groups -OCH3 is 1. The summed E-state index contributed by atoms with van der Waals surface area (Å²) in [5, 5.41) is 4.92. The molecule has 2 amide bonds. The van der Waals surface area contributed by atoms with Gasteiger partial charge < -0.3 is 20.1 Å². The zero-order valence-electron chi connectivity index (χ0n) is 13.7. The van der Waals surface area contributed by atoms with Gasteiger partial charge in [0.1, 0.15) is 18.2 Å². The number of benzene rings is 1. The monoisotopic (exact) mass is 322 g/mol. The number of hydrogen-bond donors (Lipinski definition) is 2. The third kappa shape index (κ3) is 6.82. The Balaban J connectivity index is 2.84. The summed E-state index contributed by atoms with van der Waals surface area (Å²) in [5.74, 6) is -1.12. The van der Waals surface area contributed by atoms with Crippen LogP contribution in [0.5, 0.6) is 0 Å². The van der Waals surface area contributed by atoms with E-state index in [4.69, 9.17) is 4.74 Å². The second-order valence-electron chi connectivity index (χ2n) is 5.78. The maximum absolute atomic E-state index is 12.3. The van der Waals surface area contributed by atoms with E-state index in [2.05, 4.69) is 15.4 Å². The molecule has 0 fully saturated rings. The largest absolute Gasteiger partial charge is 0.468 e. The first kappa shape index (κ1) is 18.5. The lowest BCUT2D eigenvalue weighted by Gasteiger charge is -2.23. The van der Waals surface area contributed by atoms with E-state index >= 15 is 0 Å². The zero-order chi connectivity index (χ0) is 17.5. The molecule has 7 nitrogen and oxygen atoms in total. The SMILES string of the molecule is COC(=O)CNC(=O)[C@@H](NC(=O)OC(C)(C)C)c1ccccc1. The molecule has 1 rings (SSSR count). The lowest BCUT2D eigenvalue weighted by atomic mass is 10.1. The van der Waals surface area contributed by atoms with Gasteiger partial charge in [0.25, 0.3) is 0 Å². The topological polar surface area (TPSA) is 93.7 Å². The summed E-state index contributed by atoms with van der Waals surface area (Å²) in [4.78, 5) is 35.3. The fraction of sp³-hybridized carbons (Fsp3) is 0.438. The third-order valence-corrected chi connectivity index (χ3v) is 2.69. The Morgan fingerprint density at radius 1 is 1.13 bits per heavy atom. The fourth-order valence-corrected chi connectivity index (χ4v) is 1.70. The first-order valence-corrected chi connectivity index (χ1v) is 7.12. The molecule has 0 aliphatic heterocycles. The molecule has 23 heavy (non-hydrogen) atoms. The van der Waals surface area contributed by atoms with E-state index < -0.39 is 29.6 Å². The van der Waals surface area contributed by atoms with Gasteiger partial charge in [-0.05, 0) is 26.3 Å². The van der Waals surface area contributed by atoms with E-state index in [0.29, 0.717) is 5.56 Å². The van der Waals surface area contributed by atoms with Crippen molar-refractivity contribution in [1.29, 1.82) is 0 Å². The van der Waals surface area contributed by atoms with Crippen molar-refractivity contribution >= 4 is 18.0 Å². The maximum atomic E-state index is 12.3. The number of hydrogen-bond acceptors (Lipinski definition) is 5. The second-order valence-corrected chi connectivity index (χ2v) is 5.78. The van der Waals surface area contributed by atoms with E-state index in [1.807, 2.05) is 0 Å². The van der Waals surface area contributed by atoms with Crippen LogP contribution in [0.3, 0.4) is 0 Å². The molecule has 0 bridgehead atoms. The number of esters is 1. The van der Waals surface area contributed by atoms with E-state index in [0.717, 1.165) is 0 Å². The van der Waals surface area contributed by atoms with Crippen molar-refractivity contribution in [3.05, 3.63) is 35.9 Å². The molecule has 1 aromatic rings. The fourth-order valence-electron chi connectivity index (χ4n) is 1.70. The molecule has 0 aromatic heterocycles. The van der Waals surface area contributed by atoms with Gasteiger partial charge in [-0.25, -0.2) is 4.79 Å². The number of rotatable bonds is 5. The van der Waals surface area contributed by atoms with Crippen LogP contribution in [0.15, 0.2) is 30.3 Å². The van der Waals surface area contributed by atoms with Crippen molar-refractivity contribution in [3.63, 3.8) is 0 Å². The molecule has 126 valence electrons. The second kappa shape index (κ2) is 8.17. The van der Waals surface area contributed by atoms with E-state index in [1.165, 1.54) is 7.11 Å². The van der Waals surface area contributed by atoms with Gasteiger partial charge >= 0.3 is 12.1 Å². The minimum Gasteiger partial charge on any atom is -0.468 e. The van der Waals surface area contributed by atoms with Crippen LogP contribution >= 0.6 is 0 Å². The number of carbonyl (C=O) groups excluding carboxylic acids is 3. The van der Waals surface area contributed by atoms with Crippen molar-refractivity contribution in [3.8, 4) is 0 Å². The van der Waals surface area contributed by atoms with Crippen LogP contribution in [0, 0.1) is 0 Å². The molecule has 0 saturated carbocycles. The van der Waals surface area contributed by atoms with Gasteiger partial charge in [-0.2, -0.15) is 0 Å². The minimum atomic E-state index is -0.976. The van der Waals surface area contributed by atoms with Crippen LogP contribution in [0.2, 0.25) is 0 Å². The van der Waals surface area contributed by atoms with Crippen molar-refractivity contribution in [2.24, 2.45) is 0 Å². The van der Waals surface area contributed by atoms with Gasteiger partial charge in [-0.1, -0.05) is 30.3 Å². The van der Waals surface area contributed by atoms with Gasteiger partial charge in [-0.15, -0.1) is 0 Å². The average molecular weight is 322 g/mol. The summed E-state index contributed by atoms with van der Waals surface area (Å²) in [5.41, 5.74) is -0.117. The van der Waals surface area contributed by atoms with Crippen molar-refractivity contribution in [2.45, 2.75) is 32.4 Å². The standard InChI is InChI=1S/C16H22N2O5/c1-16(2,3)23-15(21)18-13(11-8-6-5-7-9-11)14(20)17-10-12(19)22-4/h5-9,13H,10H2,1-4H3,(H,17,20)(H,18,21)/t13-/m0/s1. The summed E-state index contributed by atoms with van der Waals surface area (Å²) in [6.45, 7) is 4.89. The highest BCUT2D eigenvalue weighted by Gasteiger charge is 2.26. The van der Waals surface area contributed by atoms with Gasteiger partial charge in [0, 0.05) is 0 Å². The van der Waals surface area contributed by atoms with Crippen LogP contribution < -0.4 is 10.6 Å². The molecule has 0 spiro atoms. The highest BCUT2D eigenvalue weighted by molar-refractivity contribution is 5.89. The predicted molar refractivity (Wildman–Crippen MR) is 83.6 cm³/mol. The van der Waals surface area contributed by atoms with Crippen molar-refractivity contribution < 1.29 is 23.9 Å². The quantitative estimate of drug-likeness (QED) is 0.802. The molecular weight excluding hydrogens is 300 g/mol. The first-order valence-electron chi connectivity index (χ1n) is 7.12. The first-order chi connectivity index (χ1) is 10.7. The molecule has 0 aliphatic carbocycles. The Morgan fingerprint density at radius 2 is 1.74 bits per heavy atom. The predicted octanol–water partition coefficient (Wildman–Crippen LogP) is 1.54. The Kier molecular flexibility index (Phi) is 6.56. The van der Waals surface area contributed by atoms with Crippen molar-refractivity contribution in [1.82, 2.24) is 10.6 Å². The summed E-state index contributed by atoms with van der Waals surface area (Å²) in [6, 6.07) is 7.69. The lowest BCUT2D eigenvalue weighted by molar-refractivity contribution is -0.141. The van der Waals surface area contributed by atoms with Gasteiger partial charge in [-0.3, -0.25) is 9.59 Å². The Bertz CT molecular complexity index is 551. The van der Waals surface area contributed by atoms with Crippen LogP contribution in [0.1, 0.15) is 32.4 Å². The normalized spacial score (nSPS) is 12.0. The van der Waals surface area contributed by atoms with Crippen LogP contribution in [0.4, 0.5) is 4.79 Å². The Morgan fingerprint density at radius 3 is 2.26 bits per heavy atom. The third-order valence-electron chi connectivity index (χ3n) is 2.69. The highest BCUT2D eigenvalue weighted by atomic mass is 16.6. The lowest BCUT2D eigenvalue weighted by Crippen LogP contribution is -2.43.